The lowest BCUT2D eigenvalue weighted by Gasteiger charge is -2.26. The Bertz CT molecular complexity index is 470. The van der Waals surface area contributed by atoms with Crippen LogP contribution in [0.3, 0.4) is 0 Å². The third-order valence-electron chi connectivity index (χ3n) is 4.36. The fourth-order valence-electron chi connectivity index (χ4n) is 2.51. The molecule has 0 spiro atoms. The van der Waals surface area contributed by atoms with Gasteiger partial charge in [0.1, 0.15) is 13.2 Å². The Morgan fingerprint density at radius 2 is 1.68 bits per heavy atom. The monoisotopic (exact) mass is 425 g/mol. The molecule has 3 atom stereocenters. The number of quaternary nitrogens is 1. The van der Waals surface area contributed by atoms with Crippen molar-refractivity contribution in [2.45, 2.75) is 77.4 Å². The minimum atomic E-state index is -4.25. The third-order valence-corrected chi connectivity index (χ3v) is 5.34. The van der Waals surface area contributed by atoms with Crippen molar-refractivity contribution in [2.24, 2.45) is 0 Å². The van der Waals surface area contributed by atoms with Crippen LogP contribution in [-0.2, 0) is 18.4 Å². The molecule has 0 heterocycles. The molecule has 0 aliphatic rings. The number of carbonyl (C=O) groups is 1. The lowest BCUT2D eigenvalue weighted by molar-refractivity contribution is -0.870. The van der Waals surface area contributed by atoms with E-state index in [1.54, 1.807) is 0 Å². The quantitative estimate of drug-likeness (QED) is 0.188. The number of phosphoric ester groups is 1. The smallest absolute Gasteiger partial charge is 0.391 e. The summed E-state index contributed by atoms with van der Waals surface area (Å²) in [6, 6.07) is -0.742. The zero-order chi connectivity index (χ0) is 21.6. The number of carbonyl (C=O) groups excluding carboxylic acids is 1. The molecule has 3 unspecified atom stereocenters. The molecule has 28 heavy (non-hydrogen) atoms. The molecule has 168 valence electrons. The second-order valence-electron chi connectivity index (χ2n) is 8.31. The Morgan fingerprint density at radius 1 is 1.07 bits per heavy atom. The third kappa shape index (κ3) is 15.4. The number of hydrogen-bond donors (Lipinski definition) is 3. The maximum absolute atomic E-state index is 12.1. The number of hydrogen-bond acceptors (Lipinski definition) is 5. The predicted octanol–water partition coefficient (Wildman–Crippen LogP) is 2.83. The minimum Gasteiger partial charge on any atom is -0.391 e. The van der Waals surface area contributed by atoms with Gasteiger partial charge in [-0.25, -0.2) is 4.57 Å². The van der Waals surface area contributed by atoms with Gasteiger partial charge in [0.15, 0.2) is 0 Å². The first-order valence-electron chi connectivity index (χ1n) is 10.4. The van der Waals surface area contributed by atoms with Gasteiger partial charge in [0.2, 0.25) is 5.91 Å². The van der Waals surface area contributed by atoms with Crippen molar-refractivity contribution in [1.82, 2.24) is 5.32 Å². The Morgan fingerprint density at radius 3 is 2.25 bits per heavy atom. The standard InChI is InChI=1S/C19H41N2O6P/c1-6-8-10-12-18(22)17(20-19(23)13-11-9-7-2)16-27-28(24,25)26-15-14-21(3,4)5/h17-18,22H,6-16H2,1-5H3,(H-,20,23,24,25)/p+1. The molecule has 3 N–H and O–H groups in total. The molecule has 0 aromatic heterocycles. The van der Waals surface area contributed by atoms with Crippen molar-refractivity contribution in [3.63, 3.8) is 0 Å². The van der Waals surface area contributed by atoms with Gasteiger partial charge >= 0.3 is 7.82 Å². The van der Waals surface area contributed by atoms with E-state index < -0.39 is 20.0 Å². The summed E-state index contributed by atoms with van der Waals surface area (Å²) in [6.45, 7) is 4.47. The van der Waals surface area contributed by atoms with E-state index in [1.807, 2.05) is 21.1 Å². The van der Waals surface area contributed by atoms with E-state index in [2.05, 4.69) is 19.2 Å². The summed E-state index contributed by atoms with van der Waals surface area (Å²) >= 11 is 0. The van der Waals surface area contributed by atoms with Crippen LogP contribution in [0.15, 0.2) is 0 Å². The molecular formula is C19H42N2O6P+. The summed E-state index contributed by atoms with van der Waals surface area (Å²) in [5, 5.41) is 13.2. The number of nitrogens with one attached hydrogen (secondary N) is 1. The molecule has 8 nitrogen and oxygen atoms in total. The number of unbranched alkanes of at least 4 members (excludes halogenated alkanes) is 4. The predicted molar refractivity (Wildman–Crippen MR) is 111 cm³/mol. The van der Waals surface area contributed by atoms with Crippen LogP contribution in [0.4, 0.5) is 0 Å². The average Bonchev–Trinajstić information content (AvgIpc) is 2.57. The van der Waals surface area contributed by atoms with E-state index in [0.717, 1.165) is 38.5 Å². The molecule has 1 amide bonds. The van der Waals surface area contributed by atoms with E-state index in [1.165, 1.54) is 0 Å². The summed E-state index contributed by atoms with van der Waals surface area (Å²) in [5.74, 6) is -0.185. The van der Waals surface area contributed by atoms with Gasteiger partial charge in [0, 0.05) is 6.42 Å². The van der Waals surface area contributed by atoms with Crippen LogP contribution in [0.1, 0.15) is 65.2 Å². The Labute approximate surface area is 170 Å². The SMILES string of the molecule is CCCCCC(=O)NC(COP(=O)(O)OCC[N+](C)(C)C)C(O)CCCCC. The molecule has 0 saturated heterocycles. The molecule has 0 aliphatic heterocycles. The van der Waals surface area contributed by atoms with Crippen LogP contribution in [-0.4, -0.2) is 73.4 Å². The number of likely N-dealkylation sites (N-methyl/N-ethyl adjacent to an activating group) is 1. The number of aliphatic hydroxyl groups excluding tert-OH is 1. The summed E-state index contributed by atoms with van der Waals surface area (Å²) in [7, 11) is 1.60. The average molecular weight is 426 g/mol. The van der Waals surface area contributed by atoms with Crippen LogP contribution in [0.2, 0.25) is 0 Å². The maximum Gasteiger partial charge on any atom is 0.472 e. The van der Waals surface area contributed by atoms with Crippen molar-refractivity contribution in [3.8, 4) is 0 Å². The van der Waals surface area contributed by atoms with Crippen molar-refractivity contribution >= 4 is 13.7 Å². The van der Waals surface area contributed by atoms with E-state index in [-0.39, 0.29) is 19.1 Å². The first-order valence-corrected chi connectivity index (χ1v) is 11.9. The largest absolute Gasteiger partial charge is 0.472 e. The van der Waals surface area contributed by atoms with E-state index in [9.17, 15) is 19.4 Å². The van der Waals surface area contributed by atoms with E-state index in [4.69, 9.17) is 9.05 Å². The first kappa shape index (κ1) is 27.5. The molecular weight excluding hydrogens is 383 g/mol. The normalized spacial score (nSPS) is 16.4. The Balaban J connectivity index is 4.67. The summed E-state index contributed by atoms with van der Waals surface area (Å²) < 4.78 is 22.7. The number of nitrogens with zero attached hydrogens (tertiary/aromatic N) is 1. The minimum absolute atomic E-state index is 0.0738. The van der Waals surface area contributed by atoms with Crippen LogP contribution in [0, 0.1) is 0 Å². The lowest BCUT2D eigenvalue weighted by Crippen LogP contribution is -2.46. The van der Waals surface area contributed by atoms with E-state index >= 15 is 0 Å². The van der Waals surface area contributed by atoms with Gasteiger partial charge in [-0.1, -0.05) is 46.0 Å². The van der Waals surface area contributed by atoms with Gasteiger partial charge in [-0.2, -0.15) is 0 Å². The molecule has 0 radical (unpaired) electrons. The van der Waals surface area contributed by atoms with E-state index in [0.29, 0.717) is 23.9 Å². The highest BCUT2D eigenvalue weighted by Crippen LogP contribution is 2.43. The van der Waals surface area contributed by atoms with Gasteiger partial charge < -0.3 is 19.8 Å². The van der Waals surface area contributed by atoms with Gasteiger partial charge in [-0.15, -0.1) is 0 Å². The number of aliphatic hydroxyl groups is 1. The zero-order valence-electron chi connectivity index (χ0n) is 18.4. The zero-order valence-corrected chi connectivity index (χ0v) is 19.2. The fourth-order valence-corrected chi connectivity index (χ4v) is 3.25. The molecule has 9 heteroatoms. The molecule has 0 saturated carbocycles. The summed E-state index contributed by atoms with van der Waals surface area (Å²) in [6.07, 6.45) is 5.57. The fraction of sp³-hybridized carbons (Fsp3) is 0.947. The van der Waals surface area contributed by atoms with Crippen molar-refractivity contribution in [2.75, 3.05) is 40.9 Å². The van der Waals surface area contributed by atoms with Gasteiger partial charge in [-0.05, 0) is 12.8 Å². The highest BCUT2D eigenvalue weighted by atomic mass is 31.2. The van der Waals surface area contributed by atoms with Crippen LogP contribution >= 0.6 is 7.82 Å². The maximum atomic E-state index is 12.1. The topological polar surface area (TPSA) is 105 Å². The molecule has 0 bridgehead atoms. The number of amides is 1. The molecule has 0 aromatic carbocycles. The number of rotatable bonds is 17. The Hall–Kier alpha value is -0.500. The highest BCUT2D eigenvalue weighted by molar-refractivity contribution is 7.47. The van der Waals surface area contributed by atoms with Crippen molar-refractivity contribution in [3.05, 3.63) is 0 Å². The molecule has 0 aromatic rings. The van der Waals surface area contributed by atoms with Crippen LogP contribution in [0.25, 0.3) is 0 Å². The van der Waals surface area contributed by atoms with Gasteiger partial charge in [-0.3, -0.25) is 13.8 Å². The molecule has 0 aliphatic carbocycles. The van der Waals surface area contributed by atoms with Crippen molar-refractivity contribution in [1.29, 1.82) is 0 Å². The summed E-state index contributed by atoms with van der Waals surface area (Å²) in [5.41, 5.74) is 0. The van der Waals surface area contributed by atoms with Crippen LogP contribution in [0.5, 0.6) is 0 Å². The highest BCUT2D eigenvalue weighted by Gasteiger charge is 2.28. The van der Waals surface area contributed by atoms with Gasteiger partial charge in [0.25, 0.3) is 0 Å². The Kier molecular flexibility index (Phi) is 14.2. The summed E-state index contributed by atoms with van der Waals surface area (Å²) in [4.78, 5) is 22.0. The van der Waals surface area contributed by atoms with Gasteiger partial charge in [0.05, 0.1) is 39.9 Å². The molecule has 0 fully saturated rings. The molecule has 0 rings (SSSR count). The van der Waals surface area contributed by atoms with Crippen LogP contribution < -0.4 is 5.32 Å². The van der Waals surface area contributed by atoms with Crippen molar-refractivity contribution < 1.29 is 32.9 Å². The lowest BCUT2D eigenvalue weighted by atomic mass is 10.0. The first-order chi connectivity index (χ1) is 13.0. The second-order valence-corrected chi connectivity index (χ2v) is 9.76. The number of phosphoric acid groups is 1. The second kappa shape index (κ2) is 14.5.